The molecule has 1 heteroatoms. The number of hydrogen-bond donors (Lipinski definition) is 0. The molecular weight excluding hydrogens is 131 g/mol. The highest BCUT2D eigenvalue weighted by molar-refractivity contribution is 6.11. The van der Waals surface area contributed by atoms with Crippen LogP contribution in [-0.2, 0) is 0 Å². The Labute approximate surface area is 71.2 Å². The second kappa shape index (κ2) is 2.84. The van der Waals surface area contributed by atoms with Gasteiger partial charge in [0, 0.05) is 0 Å². The highest BCUT2D eigenvalue weighted by Crippen LogP contribution is 2.52. The fourth-order valence-corrected chi connectivity index (χ4v) is 3.25. The van der Waals surface area contributed by atoms with Crippen LogP contribution in [-0.4, -0.2) is 7.85 Å². The fourth-order valence-electron chi connectivity index (χ4n) is 3.25. The highest BCUT2D eigenvalue weighted by Gasteiger charge is 2.37. The third kappa shape index (κ3) is 1.48. The zero-order valence-electron chi connectivity index (χ0n) is 7.73. The Balaban J connectivity index is 1.98. The van der Waals surface area contributed by atoms with Crippen LogP contribution in [0.2, 0.25) is 5.82 Å². The van der Waals surface area contributed by atoms with E-state index in [1.807, 2.05) is 0 Å². The van der Waals surface area contributed by atoms with Crippen molar-refractivity contribution in [3.63, 3.8) is 0 Å². The van der Waals surface area contributed by atoms with Crippen molar-refractivity contribution < 1.29 is 0 Å². The smallest absolute Gasteiger partial charge is 0.0692 e. The summed E-state index contributed by atoms with van der Waals surface area (Å²) in [6.45, 7) is 0. The SMILES string of the molecule is BC1CCC2(CCCCC2)C1. The van der Waals surface area contributed by atoms with Crippen molar-refractivity contribution in [2.45, 2.75) is 57.2 Å². The predicted octanol–water partition coefficient (Wildman–Crippen LogP) is 2.54. The van der Waals surface area contributed by atoms with E-state index in [9.17, 15) is 0 Å². The van der Waals surface area contributed by atoms with Crippen molar-refractivity contribution >= 4 is 7.85 Å². The molecule has 62 valence electrons. The zero-order valence-corrected chi connectivity index (χ0v) is 7.73. The minimum absolute atomic E-state index is 0.845. The quantitative estimate of drug-likeness (QED) is 0.465. The lowest BCUT2D eigenvalue weighted by Crippen LogP contribution is -2.19. The molecule has 0 aromatic rings. The summed E-state index contributed by atoms with van der Waals surface area (Å²) in [5.41, 5.74) is 0.845. The van der Waals surface area contributed by atoms with Gasteiger partial charge in [0.2, 0.25) is 0 Å². The van der Waals surface area contributed by atoms with Crippen LogP contribution < -0.4 is 0 Å². The molecule has 0 radical (unpaired) electrons. The van der Waals surface area contributed by atoms with E-state index in [1.54, 1.807) is 25.7 Å². The Bertz CT molecular complexity index is 130. The van der Waals surface area contributed by atoms with Gasteiger partial charge in [-0.05, 0) is 24.7 Å². The van der Waals surface area contributed by atoms with Crippen LogP contribution in [0.1, 0.15) is 51.4 Å². The Kier molecular flexibility index (Phi) is 1.99. The summed E-state index contributed by atoms with van der Waals surface area (Å²) in [7, 11) is 2.43. The second-order valence-corrected chi connectivity index (χ2v) is 4.91. The first-order valence-corrected chi connectivity index (χ1v) is 5.31. The molecule has 1 unspecified atom stereocenters. The van der Waals surface area contributed by atoms with Crippen LogP contribution in [0.4, 0.5) is 0 Å². The van der Waals surface area contributed by atoms with Gasteiger partial charge in [-0.15, -0.1) is 0 Å². The zero-order chi connectivity index (χ0) is 7.73. The molecule has 2 saturated carbocycles. The molecule has 2 aliphatic carbocycles. The van der Waals surface area contributed by atoms with E-state index in [2.05, 4.69) is 7.85 Å². The van der Waals surface area contributed by atoms with Gasteiger partial charge in [-0.2, -0.15) is 0 Å². The molecule has 2 fully saturated rings. The van der Waals surface area contributed by atoms with Gasteiger partial charge < -0.3 is 0 Å². The van der Waals surface area contributed by atoms with Crippen molar-refractivity contribution in [1.29, 1.82) is 0 Å². The Morgan fingerprint density at radius 1 is 1.00 bits per heavy atom. The maximum atomic E-state index is 2.43. The standard InChI is InChI=1S/C10H19B/c11-9-4-7-10(8-9)5-2-1-3-6-10/h9H,1-8,11H2. The van der Waals surface area contributed by atoms with Crippen LogP contribution in [0.5, 0.6) is 0 Å². The Hall–Kier alpha value is 0.0649. The molecule has 1 spiro atoms. The second-order valence-electron chi connectivity index (χ2n) is 4.91. The van der Waals surface area contributed by atoms with Crippen LogP contribution in [0.25, 0.3) is 0 Å². The van der Waals surface area contributed by atoms with Gasteiger partial charge in [0.05, 0.1) is 0 Å². The minimum Gasteiger partial charge on any atom is -0.0692 e. The molecule has 2 rings (SSSR count). The van der Waals surface area contributed by atoms with Crippen LogP contribution in [0, 0.1) is 5.41 Å². The first-order valence-electron chi connectivity index (χ1n) is 5.31. The summed E-state index contributed by atoms with van der Waals surface area (Å²) in [6, 6.07) is 0. The van der Waals surface area contributed by atoms with Gasteiger partial charge in [-0.1, -0.05) is 37.9 Å². The average Bonchev–Trinajstić information content (AvgIpc) is 2.34. The lowest BCUT2D eigenvalue weighted by Gasteiger charge is -2.33. The molecule has 0 bridgehead atoms. The number of rotatable bonds is 0. The molecule has 0 aliphatic heterocycles. The normalized spacial score (nSPS) is 36.2. The van der Waals surface area contributed by atoms with Gasteiger partial charge in [0.25, 0.3) is 0 Å². The van der Waals surface area contributed by atoms with E-state index in [4.69, 9.17) is 0 Å². The molecule has 1 atom stereocenters. The molecule has 0 nitrogen and oxygen atoms in total. The van der Waals surface area contributed by atoms with Gasteiger partial charge >= 0.3 is 0 Å². The third-order valence-electron chi connectivity index (χ3n) is 3.86. The van der Waals surface area contributed by atoms with Crippen molar-refractivity contribution in [3.8, 4) is 0 Å². The first-order chi connectivity index (χ1) is 5.31. The summed E-state index contributed by atoms with van der Waals surface area (Å²) < 4.78 is 0. The average molecular weight is 150 g/mol. The summed E-state index contributed by atoms with van der Waals surface area (Å²) in [6.07, 6.45) is 12.3. The highest BCUT2D eigenvalue weighted by atomic mass is 14.4. The van der Waals surface area contributed by atoms with Crippen LogP contribution >= 0.6 is 0 Å². The molecule has 0 heterocycles. The monoisotopic (exact) mass is 150 g/mol. The van der Waals surface area contributed by atoms with Gasteiger partial charge in [-0.25, -0.2) is 0 Å². The van der Waals surface area contributed by atoms with Crippen molar-refractivity contribution in [2.24, 2.45) is 5.41 Å². The summed E-state index contributed by atoms with van der Waals surface area (Å²) in [5.74, 6) is 1.04. The van der Waals surface area contributed by atoms with Gasteiger partial charge in [0.15, 0.2) is 0 Å². The number of hydrogen-bond acceptors (Lipinski definition) is 0. The van der Waals surface area contributed by atoms with E-state index in [-0.39, 0.29) is 0 Å². The van der Waals surface area contributed by atoms with Crippen molar-refractivity contribution in [1.82, 2.24) is 0 Å². The summed E-state index contributed by atoms with van der Waals surface area (Å²) in [4.78, 5) is 0. The van der Waals surface area contributed by atoms with Crippen molar-refractivity contribution in [2.75, 3.05) is 0 Å². The molecule has 11 heavy (non-hydrogen) atoms. The molecule has 0 amide bonds. The van der Waals surface area contributed by atoms with Crippen molar-refractivity contribution in [3.05, 3.63) is 0 Å². The Morgan fingerprint density at radius 2 is 1.73 bits per heavy atom. The summed E-state index contributed by atoms with van der Waals surface area (Å²) in [5, 5.41) is 0. The van der Waals surface area contributed by atoms with E-state index in [0.29, 0.717) is 0 Å². The summed E-state index contributed by atoms with van der Waals surface area (Å²) >= 11 is 0. The van der Waals surface area contributed by atoms with E-state index in [1.165, 1.54) is 25.7 Å². The maximum absolute atomic E-state index is 2.43. The molecule has 2 aliphatic rings. The van der Waals surface area contributed by atoms with Crippen LogP contribution in [0.15, 0.2) is 0 Å². The predicted molar refractivity (Wildman–Crippen MR) is 51.7 cm³/mol. The van der Waals surface area contributed by atoms with Gasteiger partial charge in [0.1, 0.15) is 7.85 Å². The molecule has 0 aromatic carbocycles. The van der Waals surface area contributed by atoms with Crippen LogP contribution in [0.3, 0.4) is 0 Å². The van der Waals surface area contributed by atoms with E-state index in [0.717, 1.165) is 11.2 Å². The van der Waals surface area contributed by atoms with E-state index < -0.39 is 0 Å². The first kappa shape index (κ1) is 7.70. The molecule has 0 N–H and O–H groups in total. The lowest BCUT2D eigenvalue weighted by molar-refractivity contribution is 0.197. The molecular formula is C10H19B. The molecule has 0 saturated heterocycles. The Morgan fingerprint density at radius 3 is 2.27 bits per heavy atom. The maximum Gasteiger partial charge on any atom is 0.105 e. The third-order valence-corrected chi connectivity index (χ3v) is 3.86. The lowest BCUT2D eigenvalue weighted by atomic mass is 9.71. The minimum atomic E-state index is 0.845. The molecule has 0 aromatic heterocycles. The fraction of sp³-hybridized carbons (Fsp3) is 1.00. The largest absolute Gasteiger partial charge is 0.105 e. The van der Waals surface area contributed by atoms with E-state index >= 15 is 0 Å². The topological polar surface area (TPSA) is 0 Å². The van der Waals surface area contributed by atoms with Gasteiger partial charge in [-0.3, -0.25) is 0 Å².